The Morgan fingerprint density at radius 1 is 0.941 bits per heavy atom. The van der Waals surface area contributed by atoms with Crippen molar-refractivity contribution in [3.63, 3.8) is 0 Å². The summed E-state index contributed by atoms with van der Waals surface area (Å²) in [7, 11) is 3.26. The molecule has 10 heteroatoms. The van der Waals surface area contributed by atoms with Gasteiger partial charge in [-0.25, -0.2) is 15.0 Å². The van der Waals surface area contributed by atoms with Crippen molar-refractivity contribution in [2.24, 2.45) is 0 Å². The van der Waals surface area contributed by atoms with Gasteiger partial charge in [0.15, 0.2) is 17.1 Å². The van der Waals surface area contributed by atoms with Crippen LogP contribution >= 0.6 is 51.0 Å². The molecule has 0 unspecified atom stereocenters. The van der Waals surface area contributed by atoms with Crippen molar-refractivity contribution in [1.29, 1.82) is 0 Å². The van der Waals surface area contributed by atoms with Crippen LogP contribution in [0.2, 0.25) is 0 Å². The van der Waals surface area contributed by atoms with Crippen LogP contribution in [0, 0.1) is 6.92 Å². The van der Waals surface area contributed by atoms with E-state index in [1.165, 1.54) is 11.2 Å². The molecule has 0 saturated heterocycles. The van der Waals surface area contributed by atoms with Gasteiger partial charge in [0.05, 0.1) is 30.2 Å². The molecule has 174 valence electrons. The highest BCUT2D eigenvalue weighted by Gasteiger charge is 2.24. The van der Waals surface area contributed by atoms with Crippen molar-refractivity contribution in [3.8, 4) is 43.6 Å². The number of ether oxygens (including phenoxy) is 2. The predicted molar refractivity (Wildman–Crippen MR) is 147 cm³/mol. The van der Waals surface area contributed by atoms with Crippen LogP contribution in [-0.2, 0) is 0 Å². The Morgan fingerprint density at radius 2 is 1.74 bits per heavy atom. The van der Waals surface area contributed by atoms with Crippen LogP contribution in [0.25, 0.3) is 43.2 Å². The van der Waals surface area contributed by atoms with E-state index in [0.717, 1.165) is 42.0 Å². The highest BCUT2D eigenvalue weighted by molar-refractivity contribution is 9.10. The van der Waals surface area contributed by atoms with Crippen LogP contribution in [0.3, 0.4) is 0 Å². The fourth-order valence-electron chi connectivity index (χ4n) is 3.82. The van der Waals surface area contributed by atoms with Crippen LogP contribution < -0.4 is 15.2 Å². The van der Waals surface area contributed by atoms with Crippen LogP contribution in [0.5, 0.6) is 11.5 Å². The minimum absolute atomic E-state index is 0. The van der Waals surface area contributed by atoms with Crippen LogP contribution in [-0.4, -0.2) is 29.2 Å². The number of rotatable bonds is 5. The van der Waals surface area contributed by atoms with Gasteiger partial charge in [-0.05, 0) is 58.7 Å². The summed E-state index contributed by atoms with van der Waals surface area (Å²) in [5, 5.41) is 2.78. The standard InChI is InChI=1S/C24H19BrN4O2S2.ClH/c1-12-4-7-17(33-12)22-19(13-5-6-15(30-2)16(8-13)31-3)20(18-9-14(25)10-32-18)21-23(26)27-11-28-24(21)29-22;/h4-11H,1-3H3,(H2,26,27,28,29);1H. The summed E-state index contributed by atoms with van der Waals surface area (Å²) >= 11 is 6.91. The largest absolute Gasteiger partial charge is 0.493 e. The molecule has 5 rings (SSSR count). The number of hydrogen-bond donors (Lipinski definition) is 1. The fourth-order valence-corrected chi connectivity index (χ4v) is 6.17. The molecule has 0 aliphatic carbocycles. The monoisotopic (exact) mass is 574 g/mol. The summed E-state index contributed by atoms with van der Waals surface area (Å²) in [6, 6.07) is 12.2. The van der Waals surface area contributed by atoms with E-state index in [2.05, 4.69) is 56.4 Å². The van der Waals surface area contributed by atoms with E-state index in [4.69, 9.17) is 20.2 Å². The zero-order chi connectivity index (χ0) is 23.1. The molecule has 6 nitrogen and oxygen atoms in total. The topological polar surface area (TPSA) is 83.2 Å². The molecule has 0 bridgehead atoms. The number of hydrogen-bond acceptors (Lipinski definition) is 8. The van der Waals surface area contributed by atoms with Gasteiger partial charge in [-0.2, -0.15) is 0 Å². The second kappa shape index (κ2) is 9.87. The van der Waals surface area contributed by atoms with Crippen molar-refractivity contribution in [1.82, 2.24) is 15.0 Å². The van der Waals surface area contributed by atoms with E-state index in [1.807, 2.05) is 18.2 Å². The number of aromatic nitrogens is 3. The number of benzene rings is 1. The smallest absolute Gasteiger partial charge is 0.165 e. The fraction of sp³-hybridized carbons (Fsp3) is 0.125. The van der Waals surface area contributed by atoms with Crippen molar-refractivity contribution in [3.05, 3.63) is 57.5 Å². The second-order valence-corrected chi connectivity index (χ2v) is 10.4. The number of anilines is 1. The highest BCUT2D eigenvalue weighted by atomic mass is 79.9. The summed E-state index contributed by atoms with van der Waals surface area (Å²) < 4.78 is 12.1. The molecule has 0 aliphatic rings. The van der Waals surface area contributed by atoms with Gasteiger partial charge >= 0.3 is 0 Å². The predicted octanol–water partition coefficient (Wildman–Crippen LogP) is 7.24. The van der Waals surface area contributed by atoms with E-state index in [9.17, 15) is 0 Å². The van der Waals surface area contributed by atoms with E-state index < -0.39 is 0 Å². The Kier molecular flexibility index (Phi) is 7.09. The molecule has 0 fully saturated rings. The molecule has 0 amide bonds. The summed E-state index contributed by atoms with van der Waals surface area (Å²) in [5.74, 6) is 1.69. The Labute approximate surface area is 219 Å². The number of thiophene rings is 2. The van der Waals surface area contributed by atoms with Crippen LogP contribution in [0.1, 0.15) is 4.88 Å². The number of nitrogen functional groups attached to an aromatic ring is 1. The van der Waals surface area contributed by atoms with Gasteiger partial charge in [0.1, 0.15) is 12.1 Å². The second-order valence-electron chi connectivity index (χ2n) is 7.28. The van der Waals surface area contributed by atoms with Gasteiger partial charge in [0.25, 0.3) is 0 Å². The molecular weight excluding hydrogens is 556 g/mol. The average Bonchev–Trinajstić information content (AvgIpc) is 3.45. The lowest BCUT2D eigenvalue weighted by atomic mass is 9.93. The molecule has 1 aromatic carbocycles. The van der Waals surface area contributed by atoms with E-state index in [0.29, 0.717) is 23.0 Å². The molecule has 2 N–H and O–H groups in total. The first kappa shape index (κ1) is 24.4. The minimum Gasteiger partial charge on any atom is -0.493 e. The van der Waals surface area contributed by atoms with Gasteiger partial charge in [-0.3, -0.25) is 0 Å². The zero-order valence-corrected chi connectivity index (χ0v) is 22.5. The zero-order valence-electron chi connectivity index (χ0n) is 18.5. The Balaban J connectivity index is 0.00000274. The van der Waals surface area contributed by atoms with Crippen LogP contribution in [0.4, 0.5) is 5.82 Å². The van der Waals surface area contributed by atoms with Gasteiger partial charge in [0.2, 0.25) is 0 Å². The quantitative estimate of drug-likeness (QED) is 0.238. The first-order valence-corrected chi connectivity index (χ1v) is 12.5. The summed E-state index contributed by atoms with van der Waals surface area (Å²) in [6.07, 6.45) is 1.46. The third-order valence-electron chi connectivity index (χ3n) is 5.27. The summed E-state index contributed by atoms with van der Waals surface area (Å²) in [5.41, 5.74) is 10.6. The molecule has 0 saturated carbocycles. The Hall–Kier alpha value is -2.72. The van der Waals surface area contributed by atoms with Crippen molar-refractivity contribution < 1.29 is 9.47 Å². The normalized spacial score (nSPS) is 10.8. The molecule has 34 heavy (non-hydrogen) atoms. The third kappa shape index (κ3) is 4.24. The molecule has 0 spiro atoms. The average molecular weight is 576 g/mol. The SMILES string of the molecule is COc1ccc(-c2c(-c3ccc(C)s3)nc3ncnc(N)c3c2-c2cc(Br)cs2)cc1OC.Cl. The van der Waals surface area contributed by atoms with Crippen molar-refractivity contribution in [2.45, 2.75) is 6.92 Å². The molecule has 4 heterocycles. The highest BCUT2D eigenvalue weighted by Crippen LogP contribution is 2.48. The third-order valence-corrected chi connectivity index (χ3v) is 7.99. The molecule has 0 aliphatic heterocycles. The van der Waals surface area contributed by atoms with Crippen molar-refractivity contribution in [2.75, 3.05) is 20.0 Å². The number of nitrogens with two attached hydrogens (primary N) is 1. The van der Waals surface area contributed by atoms with Gasteiger partial charge < -0.3 is 15.2 Å². The molecule has 0 atom stereocenters. The maximum Gasteiger partial charge on any atom is 0.165 e. The number of methoxy groups -OCH3 is 2. The summed E-state index contributed by atoms with van der Waals surface area (Å²) in [6.45, 7) is 2.09. The number of pyridine rings is 1. The van der Waals surface area contributed by atoms with Gasteiger partial charge in [-0.15, -0.1) is 35.1 Å². The number of halogens is 2. The number of nitrogens with zero attached hydrogens (tertiary/aromatic N) is 3. The Morgan fingerprint density at radius 3 is 2.38 bits per heavy atom. The number of fused-ring (bicyclic) bond motifs is 1. The van der Waals surface area contributed by atoms with E-state index in [1.54, 1.807) is 36.9 Å². The maximum atomic E-state index is 6.40. The van der Waals surface area contributed by atoms with E-state index in [-0.39, 0.29) is 12.4 Å². The van der Waals surface area contributed by atoms with E-state index >= 15 is 0 Å². The first-order chi connectivity index (χ1) is 16.0. The minimum atomic E-state index is 0. The lowest BCUT2D eigenvalue weighted by molar-refractivity contribution is 0.355. The molecule has 0 radical (unpaired) electrons. The van der Waals surface area contributed by atoms with Crippen molar-refractivity contribution >= 4 is 67.9 Å². The molecular formula is C24H20BrClN4O2S2. The molecule has 5 aromatic rings. The lowest BCUT2D eigenvalue weighted by Gasteiger charge is -2.18. The lowest BCUT2D eigenvalue weighted by Crippen LogP contribution is -2.01. The van der Waals surface area contributed by atoms with Gasteiger partial charge in [0, 0.05) is 30.7 Å². The first-order valence-electron chi connectivity index (χ1n) is 9.98. The maximum absolute atomic E-state index is 6.40. The van der Waals surface area contributed by atoms with Gasteiger partial charge in [-0.1, -0.05) is 6.07 Å². The Bertz CT molecular complexity index is 1500. The molecule has 4 aromatic heterocycles. The number of aryl methyl sites for hydroxylation is 1. The summed E-state index contributed by atoms with van der Waals surface area (Å²) in [4.78, 5) is 17.0. The van der Waals surface area contributed by atoms with Crippen LogP contribution in [0.15, 0.2) is 52.6 Å².